The van der Waals surface area contributed by atoms with Crippen molar-refractivity contribution in [1.82, 2.24) is 4.98 Å². The molecule has 1 aliphatic carbocycles. The smallest absolute Gasteiger partial charge is 0.417 e. The van der Waals surface area contributed by atoms with Gasteiger partial charge in [0.15, 0.2) is 9.84 Å². The van der Waals surface area contributed by atoms with E-state index in [1.54, 1.807) is 6.92 Å². The number of rotatable bonds is 5. The molecule has 0 saturated heterocycles. The lowest BCUT2D eigenvalue weighted by Gasteiger charge is -2.30. The molecular formula is C20H22F3NO4S. The van der Waals surface area contributed by atoms with Gasteiger partial charge in [0.05, 0.1) is 10.5 Å². The minimum atomic E-state index is -4.62. The number of halogens is 3. The lowest BCUT2D eigenvalue weighted by Crippen LogP contribution is -2.41. The van der Waals surface area contributed by atoms with E-state index in [1.165, 1.54) is 24.3 Å². The van der Waals surface area contributed by atoms with Crippen molar-refractivity contribution in [3.8, 4) is 17.0 Å². The number of pyridine rings is 1. The first-order chi connectivity index (χ1) is 13.4. The third-order valence-electron chi connectivity index (χ3n) is 5.27. The summed E-state index contributed by atoms with van der Waals surface area (Å²) in [5, 5.41) is 10.7. The Morgan fingerprint density at radius 3 is 2.45 bits per heavy atom. The van der Waals surface area contributed by atoms with Crippen molar-refractivity contribution in [1.29, 1.82) is 0 Å². The Kier molecular flexibility index (Phi) is 5.66. The molecule has 5 nitrogen and oxygen atoms in total. The summed E-state index contributed by atoms with van der Waals surface area (Å²) in [7, 11) is -3.55. The van der Waals surface area contributed by atoms with Crippen LogP contribution in [0.4, 0.5) is 13.2 Å². The van der Waals surface area contributed by atoms with Gasteiger partial charge in [0.25, 0.3) is 0 Å². The second kappa shape index (κ2) is 7.60. The van der Waals surface area contributed by atoms with Crippen LogP contribution in [0.2, 0.25) is 0 Å². The van der Waals surface area contributed by atoms with Crippen LogP contribution in [0.1, 0.15) is 38.2 Å². The molecule has 9 heteroatoms. The SMILES string of the molecule is CC(Oc1ncc(C(F)(F)F)cc1-c1cccc(S(C)(=O)=O)c1)C1(O)CCCC1. The molecule has 1 N–H and O–H groups in total. The number of aliphatic hydroxyl groups is 1. The number of alkyl halides is 3. The van der Waals surface area contributed by atoms with E-state index in [2.05, 4.69) is 4.98 Å². The first-order valence-corrected chi connectivity index (χ1v) is 11.1. The molecule has 158 valence electrons. The molecule has 1 unspecified atom stereocenters. The standard InChI is InChI=1S/C20H22F3NO4S/c1-13(19(25)8-3-4-9-19)28-18-17(11-15(12-24-18)20(21,22)23)14-6-5-7-16(10-14)29(2,26)27/h5-7,10-13,25H,3-4,8-9H2,1-2H3. The fourth-order valence-corrected chi connectivity index (χ4v) is 4.14. The van der Waals surface area contributed by atoms with Crippen LogP contribution in [-0.4, -0.2) is 36.5 Å². The number of sulfone groups is 1. The number of aromatic nitrogens is 1. The van der Waals surface area contributed by atoms with E-state index in [1.807, 2.05) is 0 Å². The summed E-state index contributed by atoms with van der Waals surface area (Å²) in [5.41, 5.74) is -1.81. The maximum atomic E-state index is 13.2. The van der Waals surface area contributed by atoms with Gasteiger partial charge in [0.1, 0.15) is 11.7 Å². The molecule has 0 spiro atoms. The predicted octanol–water partition coefficient (Wildman–Crippen LogP) is 4.24. The number of hydrogen-bond donors (Lipinski definition) is 1. The average molecular weight is 429 g/mol. The maximum Gasteiger partial charge on any atom is 0.417 e. The van der Waals surface area contributed by atoms with Crippen molar-refractivity contribution < 1.29 is 31.4 Å². The Hall–Kier alpha value is -2.13. The second-order valence-corrected chi connectivity index (χ2v) is 9.46. The summed E-state index contributed by atoms with van der Waals surface area (Å²) in [6.45, 7) is 1.65. The molecule has 0 amide bonds. The first-order valence-electron chi connectivity index (χ1n) is 9.17. The van der Waals surface area contributed by atoms with E-state index in [0.717, 1.165) is 25.2 Å². The number of ether oxygens (including phenoxy) is 1. The van der Waals surface area contributed by atoms with Crippen molar-refractivity contribution in [2.24, 2.45) is 0 Å². The van der Waals surface area contributed by atoms with Gasteiger partial charge in [0, 0.05) is 18.0 Å². The van der Waals surface area contributed by atoms with Gasteiger partial charge in [-0.25, -0.2) is 13.4 Å². The van der Waals surface area contributed by atoms with Gasteiger partial charge in [-0.1, -0.05) is 25.0 Å². The van der Waals surface area contributed by atoms with Crippen LogP contribution in [0.3, 0.4) is 0 Å². The largest absolute Gasteiger partial charge is 0.471 e. The fraction of sp³-hybridized carbons (Fsp3) is 0.450. The van der Waals surface area contributed by atoms with E-state index in [4.69, 9.17) is 4.74 Å². The van der Waals surface area contributed by atoms with Crippen molar-refractivity contribution in [3.05, 3.63) is 42.1 Å². The van der Waals surface area contributed by atoms with E-state index < -0.39 is 33.3 Å². The lowest BCUT2D eigenvalue weighted by molar-refractivity contribution is -0.137. The molecule has 1 atom stereocenters. The molecule has 1 aliphatic rings. The molecule has 3 rings (SSSR count). The van der Waals surface area contributed by atoms with Crippen molar-refractivity contribution in [3.63, 3.8) is 0 Å². The summed E-state index contributed by atoms with van der Waals surface area (Å²) >= 11 is 0. The molecular weight excluding hydrogens is 407 g/mol. The summed E-state index contributed by atoms with van der Waals surface area (Å²) in [6, 6.07) is 6.48. The molecule has 1 aromatic heterocycles. The van der Waals surface area contributed by atoms with Crippen molar-refractivity contribution >= 4 is 9.84 Å². The van der Waals surface area contributed by atoms with Gasteiger partial charge < -0.3 is 9.84 Å². The van der Waals surface area contributed by atoms with E-state index in [9.17, 15) is 26.7 Å². The van der Waals surface area contributed by atoms with Gasteiger partial charge in [-0.3, -0.25) is 0 Å². The van der Waals surface area contributed by atoms with Gasteiger partial charge in [0.2, 0.25) is 5.88 Å². The molecule has 1 heterocycles. The molecule has 2 aromatic rings. The Bertz CT molecular complexity index is 999. The van der Waals surface area contributed by atoms with Crippen LogP contribution >= 0.6 is 0 Å². The quantitative estimate of drug-likeness (QED) is 0.769. The van der Waals surface area contributed by atoms with Gasteiger partial charge >= 0.3 is 6.18 Å². The first kappa shape index (κ1) is 21.6. The normalized spacial score (nSPS) is 17.9. The number of benzene rings is 1. The highest BCUT2D eigenvalue weighted by Crippen LogP contribution is 2.39. The van der Waals surface area contributed by atoms with Crippen molar-refractivity contribution in [2.45, 2.75) is 55.4 Å². The zero-order valence-electron chi connectivity index (χ0n) is 16.0. The summed E-state index contributed by atoms with van der Waals surface area (Å²) in [5.74, 6) is -0.0866. The Labute approximate surface area is 167 Å². The zero-order chi connectivity index (χ0) is 21.4. The van der Waals surface area contributed by atoms with Gasteiger partial charge in [-0.05, 0) is 43.5 Å². The molecule has 0 radical (unpaired) electrons. The monoisotopic (exact) mass is 429 g/mol. The van der Waals surface area contributed by atoms with E-state index in [0.29, 0.717) is 19.0 Å². The number of hydrogen-bond acceptors (Lipinski definition) is 5. The highest BCUT2D eigenvalue weighted by molar-refractivity contribution is 7.90. The summed E-state index contributed by atoms with van der Waals surface area (Å²) in [4.78, 5) is 3.83. The van der Waals surface area contributed by atoms with Crippen LogP contribution in [-0.2, 0) is 16.0 Å². The minimum absolute atomic E-state index is 0.0128. The predicted molar refractivity (Wildman–Crippen MR) is 101 cm³/mol. The topological polar surface area (TPSA) is 76.5 Å². The highest BCUT2D eigenvalue weighted by atomic mass is 32.2. The molecule has 0 aliphatic heterocycles. The van der Waals surface area contributed by atoms with Crippen LogP contribution in [0.15, 0.2) is 41.4 Å². The Balaban J connectivity index is 2.08. The van der Waals surface area contributed by atoms with Crippen LogP contribution < -0.4 is 4.74 Å². The van der Waals surface area contributed by atoms with Gasteiger partial charge in [-0.2, -0.15) is 13.2 Å². The van der Waals surface area contributed by atoms with E-state index in [-0.39, 0.29) is 21.9 Å². The number of nitrogens with zero attached hydrogens (tertiary/aromatic N) is 1. The van der Waals surface area contributed by atoms with Crippen LogP contribution in [0.5, 0.6) is 5.88 Å². The maximum absolute atomic E-state index is 13.2. The molecule has 1 saturated carbocycles. The summed E-state index contributed by atoms with van der Waals surface area (Å²) in [6.07, 6.45) is -0.866. The highest BCUT2D eigenvalue weighted by Gasteiger charge is 2.39. The summed E-state index contributed by atoms with van der Waals surface area (Å²) < 4.78 is 69.2. The second-order valence-electron chi connectivity index (χ2n) is 7.45. The molecule has 1 aromatic carbocycles. The van der Waals surface area contributed by atoms with Crippen LogP contribution in [0, 0.1) is 0 Å². The van der Waals surface area contributed by atoms with Crippen molar-refractivity contribution in [2.75, 3.05) is 6.26 Å². The lowest BCUT2D eigenvalue weighted by atomic mass is 9.96. The zero-order valence-corrected chi connectivity index (χ0v) is 16.8. The van der Waals surface area contributed by atoms with E-state index >= 15 is 0 Å². The van der Waals surface area contributed by atoms with Gasteiger partial charge in [-0.15, -0.1) is 0 Å². The third-order valence-corrected chi connectivity index (χ3v) is 6.38. The fourth-order valence-electron chi connectivity index (χ4n) is 3.47. The Morgan fingerprint density at radius 2 is 1.86 bits per heavy atom. The van der Waals surface area contributed by atoms with Crippen LogP contribution in [0.25, 0.3) is 11.1 Å². The third kappa shape index (κ3) is 4.72. The molecule has 0 bridgehead atoms. The minimum Gasteiger partial charge on any atom is -0.471 e. The average Bonchev–Trinajstić information content (AvgIpc) is 3.08. The molecule has 1 fully saturated rings. The molecule has 29 heavy (non-hydrogen) atoms. The Morgan fingerprint density at radius 1 is 1.21 bits per heavy atom.